The fraction of sp³-hybridized carbons (Fsp3) is 0.882. The molecule has 2 unspecified atom stereocenters. The van der Waals surface area contributed by atoms with Crippen LogP contribution < -0.4 is 5.32 Å². The first kappa shape index (κ1) is 14.1. The van der Waals surface area contributed by atoms with Crippen LogP contribution in [-0.4, -0.2) is 17.2 Å². The van der Waals surface area contributed by atoms with Crippen LogP contribution in [0.5, 0.6) is 0 Å². The van der Waals surface area contributed by atoms with Crippen molar-refractivity contribution in [2.24, 2.45) is 22.2 Å². The van der Waals surface area contributed by atoms with Gasteiger partial charge in [0.25, 0.3) is 0 Å². The molecule has 4 aliphatic carbocycles. The van der Waals surface area contributed by atoms with E-state index in [0.717, 1.165) is 17.5 Å². The number of nitrogens with zero attached hydrogens (tertiary/aromatic N) is 2. The van der Waals surface area contributed by atoms with Gasteiger partial charge in [-0.1, -0.05) is 13.8 Å². The maximum atomic E-state index is 4.48. The highest BCUT2D eigenvalue weighted by atomic mass is 32.1. The standard InChI is InChI=1S/C17H27N3S/c1-15-4-12-5-16(2,9-15)11-17(6-12,10-15)7-13-19-20-14(21-13)8-18-3/h12,18H,4-11H2,1-3H3. The molecule has 0 amide bonds. The molecule has 4 saturated carbocycles. The fourth-order valence-electron chi connectivity index (χ4n) is 6.78. The highest BCUT2D eigenvalue weighted by Gasteiger charge is 2.59. The van der Waals surface area contributed by atoms with E-state index in [1.807, 2.05) is 18.4 Å². The normalized spacial score (nSPS) is 44.4. The summed E-state index contributed by atoms with van der Waals surface area (Å²) in [5, 5.41) is 14.4. The van der Waals surface area contributed by atoms with Gasteiger partial charge in [0.2, 0.25) is 0 Å². The van der Waals surface area contributed by atoms with Crippen molar-refractivity contribution >= 4 is 11.3 Å². The Labute approximate surface area is 131 Å². The van der Waals surface area contributed by atoms with Gasteiger partial charge in [0.15, 0.2) is 0 Å². The predicted octanol–water partition coefficient (Wildman–Crippen LogP) is 3.80. The molecule has 0 radical (unpaired) electrons. The van der Waals surface area contributed by atoms with E-state index in [1.165, 1.54) is 50.0 Å². The number of hydrogen-bond acceptors (Lipinski definition) is 4. The van der Waals surface area contributed by atoms with Crippen molar-refractivity contribution in [2.75, 3.05) is 7.05 Å². The van der Waals surface area contributed by atoms with Crippen LogP contribution in [0.2, 0.25) is 0 Å². The first-order valence-electron chi connectivity index (χ1n) is 8.38. The van der Waals surface area contributed by atoms with E-state index in [2.05, 4.69) is 29.4 Å². The Balaban J connectivity index is 1.59. The zero-order chi connectivity index (χ0) is 14.7. The smallest absolute Gasteiger partial charge is 0.131 e. The van der Waals surface area contributed by atoms with Crippen molar-refractivity contribution in [1.29, 1.82) is 0 Å². The maximum absolute atomic E-state index is 4.48. The summed E-state index contributed by atoms with van der Waals surface area (Å²) in [6, 6.07) is 0. The summed E-state index contributed by atoms with van der Waals surface area (Å²) >= 11 is 1.82. The minimum atomic E-state index is 0.527. The summed E-state index contributed by atoms with van der Waals surface area (Å²) in [7, 11) is 1.97. The largest absolute Gasteiger partial charge is 0.313 e. The molecule has 0 spiro atoms. The molecule has 4 fully saturated rings. The van der Waals surface area contributed by atoms with Crippen molar-refractivity contribution in [2.45, 2.75) is 65.3 Å². The average molecular weight is 305 g/mol. The van der Waals surface area contributed by atoms with E-state index in [1.54, 1.807) is 0 Å². The third kappa shape index (κ3) is 2.44. The van der Waals surface area contributed by atoms with E-state index in [9.17, 15) is 0 Å². The minimum absolute atomic E-state index is 0.527. The molecule has 1 heterocycles. The van der Waals surface area contributed by atoms with Gasteiger partial charge in [-0.3, -0.25) is 0 Å². The fourth-order valence-corrected chi connectivity index (χ4v) is 7.81. The molecule has 3 nitrogen and oxygen atoms in total. The van der Waals surface area contributed by atoms with Gasteiger partial charge in [0, 0.05) is 13.0 Å². The van der Waals surface area contributed by atoms with Gasteiger partial charge in [-0.2, -0.15) is 0 Å². The second-order valence-corrected chi connectivity index (χ2v) is 10.1. The molecule has 0 saturated heterocycles. The summed E-state index contributed by atoms with van der Waals surface area (Å²) in [5.41, 5.74) is 1.73. The van der Waals surface area contributed by atoms with Crippen LogP contribution in [0.25, 0.3) is 0 Å². The van der Waals surface area contributed by atoms with E-state index >= 15 is 0 Å². The van der Waals surface area contributed by atoms with E-state index in [-0.39, 0.29) is 0 Å². The van der Waals surface area contributed by atoms with E-state index in [4.69, 9.17) is 0 Å². The number of nitrogens with one attached hydrogen (secondary N) is 1. The lowest BCUT2D eigenvalue weighted by molar-refractivity contribution is -0.144. The molecule has 4 bridgehead atoms. The molecule has 0 aromatic carbocycles. The molecule has 0 aliphatic heterocycles. The number of rotatable bonds is 4. The Morgan fingerprint density at radius 3 is 2.33 bits per heavy atom. The molecular formula is C17H27N3S. The van der Waals surface area contributed by atoms with Crippen molar-refractivity contribution < 1.29 is 0 Å². The first-order valence-corrected chi connectivity index (χ1v) is 9.19. The summed E-state index contributed by atoms with van der Waals surface area (Å²) < 4.78 is 0. The Kier molecular flexibility index (Phi) is 3.04. The molecule has 1 aromatic heterocycles. The third-order valence-electron chi connectivity index (χ3n) is 6.10. The maximum Gasteiger partial charge on any atom is 0.131 e. The highest BCUT2D eigenvalue weighted by molar-refractivity contribution is 7.11. The van der Waals surface area contributed by atoms with Crippen LogP contribution in [0.3, 0.4) is 0 Å². The lowest BCUT2D eigenvalue weighted by Crippen LogP contribution is -2.55. The van der Waals surface area contributed by atoms with Gasteiger partial charge in [-0.25, -0.2) is 0 Å². The zero-order valence-corrected chi connectivity index (χ0v) is 14.4. The van der Waals surface area contributed by atoms with Gasteiger partial charge >= 0.3 is 0 Å². The molecule has 21 heavy (non-hydrogen) atoms. The van der Waals surface area contributed by atoms with Crippen molar-refractivity contribution in [1.82, 2.24) is 15.5 Å². The first-order chi connectivity index (χ1) is 9.92. The molecule has 1 N–H and O–H groups in total. The van der Waals surface area contributed by atoms with Crippen LogP contribution in [0, 0.1) is 22.2 Å². The van der Waals surface area contributed by atoms with Gasteiger partial charge in [-0.15, -0.1) is 21.5 Å². The molecule has 4 heteroatoms. The topological polar surface area (TPSA) is 37.8 Å². The van der Waals surface area contributed by atoms with E-state index in [0.29, 0.717) is 16.2 Å². The van der Waals surface area contributed by atoms with E-state index < -0.39 is 0 Å². The Morgan fingerprint density at radius 1 is 1.05 bits per heavy atom. The average Bonchev–Trinajstić information content (AvgIpc) is 2.71. The Morgan fingerprint density at radius 2 is 1.71 bits per heavy atom. The van der Waals surface area contributed by atoms with Crippen molar-refractivity contribution in [3.63, 3.8) is 0 Å². The van der Waals surface area contributed by atoms with Crippen LogP contribution in [0.4, 0.5) is 0 Å². The van der Waals surface area contributed by atoms with Crippen molar-refractivity contribution in [3.8, 4) is 0 Å². The predicted molar refractivity (Wildman–Crippen MR) is 86.2 cm³/mol. The lowest BCUT2D eigenvalue weighted by Gasteiger charge is -2.65. The molecular weight excluding hydrogens is 278 g/mol. The quantitative estimate of drug-likeness (QED) is 0.919. The molecule has 116 valence electrons. The number of aromatic nitrogens is 2. The minimum Gasteiger partial charge on any atom is -0.313 e. The van der Waals surface area contributed by atoms with Gasteiger partial charge in [0.1, 0.15) is 10.0 Å². The number of hydrogen-bond donors (Lipinski definition) is 1. The summed E-state index contributed by atoms with van der Waals surface area (Å²) in [6.07, 6.45) is 9.88. The lowest BCUT2D eigenvalue weighted by atomic mass is 9.40. The summed E-state index contributed by atoms with van der Waals surface area (Å²) in [6.45, 7) is 5.96. The molecule has 1 aromatic rings. The summed E-state index contributed by atoms with van der Waals surface area (Å²) in [5.74, 6) is 0.973. The SMILES string of the molecule is CNCc1nnc(CC23CC4CC(C)(CC(C)(C4)C2)C3)s1. The molecule has 4 aliphatic rings. The zero-order valence-electron chi connectivity index (χ0n) is 13.5. The molecule has 5 rings (SSSR count). The van der Waals surface area contributed by atoms with Gasteiger partial charge < -0.3 is 5.32 Å². The van der Waals surface area contributed by atoms with Gasteiger partial charge in [-0.05, 0) is 67.7 Å². The highest BCUT2D eigenvalue weighted by Crippen LogP contribution is 2.70. The van der Waals surface area contributed by atoms with Gasteiger partial charge in [0.05, 0.1) is 0 Å². The van der Waals surface area contributed by atoms with Crippen molar-refractivity contribution in [3.05, 3.63) is 10.0 Å². The third-order valence-corrected chi connectivity index (χ3v) is 7.03. The van der Waals surface area contributed by atoms with Crippen LogP contribution in [0.1, 0.15) is 62.4 Å². The second kappa shape index (κ2) is 4.51. The molecule has 2 atom stereocenters. The van der Waals surface area contributed by atoms with Crippen LogP contribution in [-0.2, 0) is 13.0 Å². The second-order valence-electron chi connectivity index (χ2n) is 8.93. The van der Waals surface area contributed by atoms with Crippen LogP contribution in [0.15, 0.2) is 0 Å². The Hall–Kier alpha value is -0.480. The monoisotopic (exact) mass is 305 g/mol. The summed E-state index contributed by atoms with van der Waals surface area (Å²) in [4.78, 5) is 0. The van der Waals surface area contributed by atoms with Crippen LogP contribution >= 0.6 is 11.3 Å². The Bertz CT molecular complexity index is 534.